The lowest BCUT2D eigenvalue weighted by Crippen LogP contribution is -2.03. The first-order valence-corrected chi connectivity index (χ1v) is 2.27. The molecule has 0 rings (SSSR count). The van der Waals surface area contributed by atoms with Gasteiger partial charge in [-0.2, -0.15) is 0 Å². The zero-order chi connectivity index (χ0) is 6.57. The summed E-state index contributed by atoms with van der Waals surface area (Å²) in [6.07, 6.45) is 0. The van der Waals surface area contributed by atoms with Crippen molar-refractivity contribution in [3.63, 3.8) is 0 Å². The first-order valence-electron chi connectivity index (χ1n) is 2.27. The van der Waals surface area contributed by atoms with Crippen LogP contribution >= 0.6 is 0 Å². The molecule has 3 heteroatoms. The topological polar surface area (TPSA) is 38.7 Å². The third kappa shape index (κ3) is 2.34. The molecule has 0 aromatic rings. The van der Waals surface area contributed by atoms with Gasteiger partial charge in [-0.05, 0) is 6.92 Å². The van der Waals surface area contributed by atoms with E-state index in [0.717, 1.165) is 0 Å². The highest BCUT2D eigenvalue weighted by Gasteiger charge is 1.95. The monoisotopic (exact) mass is 115 g/mol. The second-order valence-corrected chi connectivity index (χ2v) is 1.42. The van der Waals surface area contributed by atoms with Gasteiger partial charge in [0.2, 0.25) is 0 Å². The van der Waals surface area contributed by atoms with Gasteiger partial charge in [0.1, 0.15) is 12.8 Å². The smallest absolute Gasteiger partial charge is 0.177 e. The van der Waals surface area contributed by atoms with Crippen LogP contribution in [0.1, 0.15) is 13.8 Å². The zero-order valence-corrected chi connectivity index (χ0v) is 5.26. The summed E-state index contributed by atoms with van der Waals surface area (Å²) in [6.45, 7) is 3.05. The Bertz CT molecular complexity index is 118. The minimum absolute atomic E-state index is 0.0631. The molecule has 8 heavy (non-hydrogen) atoms. The molecule has 0 spiro atoms. The van der Waals surface area contributed by atoms with Crippen LogP contribution in [0.2, 0.25) is 0 Å². The Labute approximate surface area is 48.3 Å². The van der Waals surface area contributed by atoms with Crippen LogP contribution in [0.5, 0.6) is 0 Å². The van der Waals surface area contributed by atoms with Gasteiger partial charge in [-0.3, -0.25) is 4.79 Å². The Morgan fingerprint density at radius 3 is 2.12 bits per heavy atom. The van der Waals surface area contributed by atoms with Crippen LogP contribution in [0.25, 0.3) is 0 Å². The van der Waals surface area contributed by atoms with Gasteiger partial charge < -0.3 is 4.84 Å². The Morgan fingerprint density at radius 2 is 2.00 bits per heavy atom. The predicted molar refractivity (Wildman–Crippen MR) is 30.8 cm³/mol. The third-order valence-corrected chi connectivity index (χ3v) is 0.738. The molecule has 0 radical (unpaired) electrons. The summed E-state index contributed by atoms with van der Waals surface area (Å²) >= 11 is 0. The van der Waals surface area contributed by atoms with Gasteiger partial charge in [0.25, 0.3) is 0 Å². The highest BCUT2D eigenvalue weighted by Crippen LogP contribution is 1.78. The maximum Gasteiger partial charge on any atom is 0.177 e. The first kappa shape index (κ1) is 7.14. The molecule has 0 heterocycles. The standard InChI is InChI=1S/C5H9NO2/c1-4(5(2)7)6-8-3/h1-3H3. The van der Waals surface area contributed by atoms with Gasteiger partial charge in [-0.25, -0.2) is 0 Å². The molecule has 3 nitrogen and oxygen atoms in total. The molecule has 0 fully saturated rings. The largest absolute Gasteiger partial charge is 0.399 e. The number of hydrogen-bond donors (Lipinski definition) is 0. The van der Waals surface area contributed by atoms with E-state index >= 15 is 0 Å². The molecule has 0 aliphatic heterocycles. The van der Waals surface area contributed by atoms with Gasteiger partial charge >= 0.3 is 0 Å². The average Bonchev–Trinajstić information content (AvgIpc) is 1.67. The fourth-order valence-corrected chi connectivity index (χ4v) is 0.201. The number of ketones is 1. The SMILES string of the molecule is CON=C(C)C(C)=O. The Balaban J connectivity index is 3.80. The van der Waals surface area contributed by atoms with Crippen molar-refractivity contribution in [1.29, 1.82) is 0 Å². The molecule has 0 saturated heterocycles. The summed E-state index contributed by atoms with van der Waals surface area (Å²) in [5.74, 6) is -0.0631. The summed E-state index contributed by atoms with van der Waals surface area (Å²) in [7, 11) is 1.41. The van der Waals surface area contributed by atoms with Crippen LogP contribution in [0.15, 0.2) is 5.16 Å². The average molecular weight is 115 g/mol. The molecule has 0 aromatic carbocycles. The van der Waals surface area contributed by atoms with E-state index in [0.29, 0.717) is 5.71 Å². The van der Waals surface area contributed by atoms with Gasteiger partial charge in [-0.1, -0.05) is 5.16 Å². The number of nitrogens with zero attached hydrogens (tertiary/aromatic N) is 1. The van der Waals surface area contributed by atoms with Crippen LogP contribution < -0.4 is 0 Å². The fourth-order valence-electron chi connectivity index (χ4n) is 0.201. The van der Waals surface area contributed by atoms with Gasteiger partial charge in [0.15, 0.2) is 5.78 Å². The molecule has 0 aliphatic rings. The molecule has 0 saturated carbocycles. The van der Waals surface area contributed by atoms with E-state index in [1.165, 1.54) is 14.0 Å². The molecule has 0 atom stereocenters. The van der Waals surface area contributed by atoms with Crippen molar-refractivity contribution in [1.82, 2.24) is 0 Å². The normalized spacial score (nSPS) is 11.1. The van der Waals surface area contributed by atoms with Gasteiger partial charge in [-0.15, -0.1) is 0 Å². The second-order valence-electron chi connectivity index (χ2n) is 1.42. The number of Topliss-reactive ketones (excluding diaryl/α,β-unsaturated/α-hetero) is 1. The summed E-state index contributed by atoms with van der Waals surface area (Å²) in [5.41, 5.74) is 0.396. The number of carbonyl (C=O) groups excluding carboxylic acids is 1. The minimum atomic E-state index is -0.0631. The van der Waals surface area contributed by atoms with Gasteiger partial charge in [0, 0.05) is 6.92 Å². The van der Waals surface area contributed by atoms with Crippen LogP contribution in [0.4, 0.5) is 0 Å². The Kier molecular flexibility index (Phi) is 2.84. The number of rotatable bonds is 2. The molecule has 0 N–H and O–H groups in total. The lowest BCUT2D eigenvalue weighted by atomic mass is 10.3. The Hall–Kier alpha value is -0.860. The van der Waals surface area contributed by atoms with E-state index in [-0.39, 0.29) is 5.78 Å². The van der Waals surface area contributed by atoms with E-state index in [1.54, 1.807) is 6.92 Å². The maximum atomic E-state index is 10.3. The van der Waals surface area contributed by atoms with Crippen molar-refractivity contribution in [3.05, 3.63) is 0 Å². The molecule has 0 bridgehead atoms. The summed E-state index contributed by atoms with van der Waals surface area (Å²) < 4.78 is 0. The summed E-state index contributed by atoms with van der Waals surface area (Å²) in [6, 6.07) is 0. The molecule has 46 valence electrons. The number of hydrogen-bond acceptors (Lipinski definition) is 3. The second kappa shape index (κ2) is 3.18. The maximum absolute atomic E-state index is 10.3. The van der Waals surface area contributed by atoms with E-state index in [1.807, 2.05) is 0 Å². The first-order chi connectivity index (χ1) is 3.68. The molecular weight excluding hydrogens is 106 g/mol. The van der Waals surface area contributed by atoms with Crippen LogP contribution in [0, 0.1) is 0 Å². The van der Waals surface area contributed by atoms with E-state index < -0.39 is 0 Å². The van der Waals surface area contributed by atoms with Crippen molar-refractivity contribution >= 4 is 11.5 Å². The summed E-state index contributed by atoms with van der Waals surface area (Å²) in [5, 5.41) is 3.39. The van der Waals surface area contributed by atoms with Crippen molar-refractivity contribution in [2.45, 2.75) is 13.8 Å². The quantitative estimate of drug-likeness (QED) is 0.390. The highest BCUT2D eigenvalue weighted by molar-refractivity contribution is 6.37. The number of carbonyl (C=O) groups is 1. The van der Waals surface area contributed by atoms with E-state index in [2.05, 4.69) is 9.99 Å². The van der Waals surface area contributed by atoms with Crippen LogP contribution in [-0.4, -0.2) is 18.6 Å². The minimum Gasteiger partial charge on any atom is -0.399 e. The van der Waals surface area contributed by atoms with Gasteiger partial charge in [0.05, 0.1) is 0 Å². The van der Waals surface area contributed by atoms with Crippen molar-refractivity contribution in [3.8, 4) is 0 Å². The van der Waals surface area contributed by atoms with Crippen molar-refractivity contribution in [2.24, 2.45) is 5.16 Å². The Morgan fingerprint density at radius 1 is 1.50 bits per heavy atom. The molecular formula is C5H9NO2. The number of oxime groups is 1. The third-order valence-electron chi connectivity index (χ3n) is 0.738. The molecule has 0 aliphatic carbocycles. The fraction of sp³-hybridized carbons (Fsp3) is 0.600. The van der Waals surface area contributed by atoms with Crippen molar-refractivity contribution < 1.29 is 9.63 Å². The molecule has 0 aromatic heterocycles. The predicted octanol–water partition coefficient (Wildman–Crippen LogP) is 0.598. The van der Waals surface area contributed by atoms with Crippen LogP contribution in [-0.2, 0) is 9.63 Å². The summed E-state index contributed by atoms with van der Waals surface area (Å²) in [4.78, 5) is 14.7. The van der Waals surface area contributed by atoms with Crippen LogP contribution in [0.3, 0.4) is 0 Å². The van der Waals surface area contributed by atoms with E-state index in [4.69, 9.17) is 0 Å². The lowest BCUT2D eigenvalue weighted by Gasteiger charge is -1.88. The molecule has 0 amide bonds. The molecule has 0 unspecified atom stereocenters. The highest BCUT2D eigenvalue weighted by atomic mass is 16.6. The van der Waals surface area contributed by atoms with Crippen molar-refractivity contribution in [2.75, 3.05) is 7.11 Å². The lowest BCUT2D eigenvalue weighted by molar-refractivity contribution is -0.111. The zero-order valence-electron chi connectivity index (χ0n) is 5.26. The van der Waals surface area contributed by atoms with E-state index in [9.17, 15) is 4.79 Å².